The highest BCUT2D eigenvalue weighted by atomic mass is 15.1. The number of nitrogens with zero attached hydrogens (tertiary/aromatic N) is 2. The van der Waals surface area contributed by atoms with E-state index in [-0.39, 0.29) is 0 Å². The van der Waals surface area contributed by atoms with Crippen LogP contribution in [0.5, 0.6) is 0 Å². The van der Waals surface area contributed by atoms with E-state index in [4.69, 9.17) is 4.98 Å². The predicted molar refractivity (Wildman–Crippen MR) is 82.0 cm³/mol. The smallest absolute Gasteiger partial charge is 0.113 e. The van der Waals surface area contributed by atoms with Gasteiger partial charge in [-0.05, 0) is 37.5 Å². The number of para-hydroxylation sites is 2. The lowest BCUT2D eigenvalue weighted by molar-refractivity contribution is 0.620. The Hall–Kier alpha value is -2.09. The molecule has 1 saturated carbocycles. The van der Waals surface area contributed by atoms with Crippen molar-refractivity contribution in [3.8, 4) is 0 Å². The molecule has 0 amide bonds. The lowest BCUT2D eigenvalue weighted by Gasteiger charge is -2.18. The van der Waals surface area contributed by atoms with Crippen molar-refractivity contribution >= 4 is 11.0 Å². The van der Waals surface area contributed by atoms with Gasteiger partial charge in [-0.2, -0.15) is 0 Å². The molecule has 1 fully saturated rings. The molecule has 2 nitrogen and oxygen atoms in total. The normalized spacial score (nSPS) is 16.4. The van der Waals surface area contributed by atoms with Gasteiger partial charge in [-0.1, -0.05) is 42.5 Å². The Morgan fingerprint density at radius 2 is 1.70 bits per heavy atom. The third-order valence-corrected chi connectivity index (χ3v) is 4.23. The maximum absolute atomic E-state index is 4.88. The molecule has 1 aliphatic carbocycles. The van der Waals surface area contributed by atoms with Crippen LogP contribution in [0.3, 0.4) is 0 Å². The molecule has 0 aliphatic heterocycles. The second-order valence-electron chi connectivity index (χ2n) is 5.69. The summed E-state index contributed by atoms with van der Waals surface area (Å²) in [6.07, 6.45) is 2.57. The number of aromatic nitrogens is 2. The summed E-state index contributed by atoms with van der Waals surface area (Å²) in [6, 6.07) is 19.5. The average Bonchev–Trinajstić information content (AvgIpc) is 3.28. The van der Waals surface area contributed by atoms with Crippen molar-refractivity contribution in [2.24, 2.45) is 0 Å². The molecular weight excluding hydrogens is 244 g/mol. The predicted octanol–water partition coefficient (Wildman–Crippen LogP) is 4.52. The molecule has 2 heteroatoms. The molecule has 0 radical (unpaired) electrons. The molecule has 3 aromatic rings. The van der Waals surface area contributed by atoms with Gasteiger partial charge in [-0.15, -0.1) is 0 Å². The SMILES string of the molecule is C[C@H](c1ccccc1)n1c(C2CC2)nc2ccccc21. The van der Waals surface area contributed by atoms with Crippen LogP contribution in [0.4, 0.5) is 0 Å². The van der Waals surface area contributed by atoms with E-state index < -0.39 is 0 Å². The Bertz CT molecular complexity index is 738. The van der Waals surface area contributed by atoms with Gasteiger partial charge in [0.2, 0.25) is 0 Å². The Morgan fingerprint density at radius 1 is 1.00 bits per heavy atom. The molecule has 4 rings (SSSR count). The zero-order chi connectivity index (χ0) is 13.5. The second kappa shape index (κ2) is 4.48. The third kappa shape index (κ3) is 1.83. The fraction of sp³-hybridized carbons (Fsp3) is 0.278. The van der Waals surface area contributed by atoms with Crippen molar-refractivity contribution in [1.82, 2.24) is 9.55 Å². The van der Waals surface area contributed by atoms with E-state index in [2.05, 4.69) is 66.1 Å². The first-order valence-corrected chi connectivity index (χ1v) is 7.36. The van der Waals surface area contributed by atoms with E-state index >= 15 is 0 Å². The standard InChI is InChI=1S/C18H18N2/c1-13(14-7-3-2-4-8-14)20-17-10-6-5-9-16(17)19-18(20)15-11-12-15/h2-10,13,15H,11-12H2,1H3/t13-/m1/s1. The van der Waals surface area contributed by atoms with E-state index in [1.165, 1.54) is 29.7 Å². The maximum Gasteiger partial charge on any atom is 0.113 e. The summed E-state index contributed by atoms with van der Waals surface area (Å²) in [7, 11) is 0. The third-order valence-electron chi connectivity index (χ3n) is 4.23. The molecule has 1 aromatic heterocycles. The highest BCUT2D eigenvalue weighted by molar-refractivity contribution is 5.76. The van der Waals surface area contributed by atoms with Gasteiger partial charge in [0.25, 0.3) is 0 Å². The van der Waals surface area contributed by atoms with E-state index in [1.807, 2.05) is 0 Å². The summed E-state index contributed by atoms with van der Waals surface area (Å²) >= 11 is 0. The molecule has 2 aromatic carbocycles. The first-order valence-electron chi connectivity index (χ1n) is 7.36. The molecule has 0 bridgehead atoms. The quantitative estimate of drug-likeness (QED) is 0.678. The van der Waals surface area contributed by atoms with Gasteiger partial charge in [0, 0.05) is 5.92 Å². The number of benzene rings is 2. The van der Waals surface area contributed by atoms with Crippen molar-refractivity contribution < 1.29 is 0 Å². The zero-order valence-corrected chi connectivity index (χ0v) is 11.7. The monoisotopic (exact) mass is 262 g/mol. The molecule has 0 N–H and O–H groups in total. The highest BCUT2D eigenvalue weighted by Gasteiger charge is 2.31. The molecule has 0 saturated heterocycles. The molecule has 1 atom stereocenters. The van der Waals surface area contributed by atoms with Crippen LogP contribution in [0.15, 0.2) is 54.6 Å². The summed E-state index contributed by atoms with van der Waals surface area (Å²) in [5, 5.41) is 0. The minimum atomic E-state index is 0.333. The molecule has 0 unspecified atom stereocenters. The number of hydrogen-bond donors (Lipinski definition) is 0. The Kier molecular flexibility index (Phi) is 2.62. The fourth-order valence-corrected chi connectivity index (χ4v) is 2.98. The average molecular weight is 262 g/mol. The lowest BCUT2D eigenvalue weighted by Crippen LogP contribution is -2.10. The van der Waals surface area contributed by atoms with Crippen LogP contribution in [0.25, 0.3) is 11.0 Å². The second-order valence-corrected chi connectivity index (χ2v) is 5.69. The highest BCUT2D eigenvalue weighted by Crippen LogP contribution is 2.42. The number of imidazole rings is 1. The molecule has 20 heavy (non-hydrogen) atoms. The zero-order valence-electron chi connectivity index (χ0n) is 11.7. The molecule has 0 spiro atoms. The van der Waals surface area contributed by atoms with Crippen LogP contribution in [-0.4, -0.2) is 9.55 Å². The number of hydrogen-bond acceptors (Lipinski definition) is 1. The Balaban J connectivity index is 1.91. The van der Waals surface area contributed by atoms with Gasteiger partial charge in [0.1, 0.15) is 5.82 Å². The van der Waals surface area contributed by atoms with Crippen LogP contribution < -0.4 is 0 Å². The summed E-state index contributed by atoms with van der Waals surface area (Å²) in [5.41, 5.74) is 3.72. The van der Waals surface area contributed by atoms with Crippen molar-refractivity contribution in [2.45, 2.75) is 31.7 Å². The maximum atomic E-state index is 4.88. The minimum absolute atomic E-state index is 0.333. The van der Waals surface area contributed by atoms with Crippen LogP contribution in [0.1, 0.15) is 43.1 Å². The van der Waals surface area contributed by atoms with Crippen molar-refractivity contribution in [3.63, 3.8) is 0 Å². The van der Waals surface area contributed by atoms with E-state index in [1.54, 1.807) is 0 Å². The Morgan fingerprint density at radius 3 is 2.45 bits per heavy atom. The largest absolute Gasteiger partial charge is 0.320 e. The minimum Gasteiger partial charge on any atom is -0.320 e. The summed E-state index contributed by atoms with van der Waals surface area (Å²) in [4.78, 5) is 4.88. The number of rotatable bonds is 3. The van der Waals surface area contributed by atoms with E-state index in [9.17, 15) is 0 Å². The van der Waals surface area contributed by atoms with E-state index in [0.717, 1.165) is 5.52 Å². The van der Waals surface area contributed by atoms with Crippen LogP contribution >= 0.6 is 0 Å². The van der Waals surface area contributed by atoms with Crippen LogP contribution in [-0.2, 0) is 0 Å². The van der Waals surface area contributed by atoms with Crippen molar-refractivity contribution in [1.29, 1.82) is 0 Å². The van der Waals surface area contributed by atoms with Gasteiger partial charge in [-0.3, -0.25) is 0 Å². The summed E-state index contributed by atoms with van der Waals surface area (Å²) in [5.74, 6) is 1.93. The molecule has 1 heterocycles. The summed E-state index contributed by atoms with van der Waals surface area (Å²) in [6.45, 7) is 2.27. The van der Waals surface area contributed by atoms with Gasteiger partial charge < -0.3 is 4.57 Å². The molecule has 1 aliphatic rings. The first kappa shape index (κ1) is 11.7. The van der Waals surface area contributed by atoms with Crippen LogP contribution in [0.2, 0.25) is 0 Å². The van der Waals surface area contributed by atoms with E-state index in [0.29, 0.717) is 12.0 Å². The molecular formula is C18H18N2. The summed E-state index contributed by atoms with van der Waals surface area (Å²) < 4.78 is 2.43. The lowest BCUT2D eigenvalue weighted by atomic mass is 10.1. The first-order chi connectivity index (χ1) is 9.84. The topological polar surface area (TPSA) is 17.8 Å². The van der Waals surface area contributed by atoms with Gasteiger partial charge in [-0.25, -0.2) is 4.98 Å². The van der Waals surface area contributed by atoms with Gasteiger partial charge >= 0.3 is 0 Å². The van der Waals surface area contributed by atoms with Crippen LogP contribution in [0, 0.1) is 0 Å². The number of fused-ring (bicyclic) bond motifs is 1. The Labute approximate surface area is 119 Å². The van der Waals surface area contributed by atoms with Crippen molar-refractivity contribution in [3.05, 3.63) is 66.0 Å². The fourth-order valence-electron chi connectivity index (χ4n) is 2.98. The van der Waals surface area contributed by atoms with Gasteiger partial charge in [0.05, 0.1) is 17.1 Å². The van der Waals surface area contributed by atoms with Gasteiger partial charge in [0.15, 0.2) is 0 Å². The molecule has 100 valence electrons. The van der Waals surface area contributed by atoms with Crippen molar-refractivity contribution in [2.75, 3.05) is 0 Å².